The predicted octanol–water partition coefficient (Wildman–Crippen LogP) is 3.17. The molecule has 0 bridgehead atoms. The molecule has 0 fully saturated rings. The van der Waals surface area contributed by atoms with E-state index in [0.717, 1.165) is 42.5 Å². The van der Waals surface area contributed by atoms with E-state index in [9.17, 15) is 0 Å². The number of ether oxygens (including phenoxy) is 1. The van der Waals surface area contributed by atoms with Gasteiger partial charge in [-0.1, -0.05) is 12.1 Å². The van der Waals surface area contributed by atoms with Crippen LogP contribution in [0.2, 0.25) is 0 Å². The van der Waals surface area contributed by atoms with Crippen molar-refractivity contribution in [3.63, 3.8) is 0 Å². The molecule has 0 radical (unpaired) electrons. The molecule has 0 atom stereocenters. The van der Waals surface area contributed by atoms with Gasteiger partial charge < -0.3 is 9.64 Å². The van der Waals surface area contributed by atoms with Gasteiger partial charge in [-0.25, -0.2) is 9.97 Å². The highest BCUT2D eigenvalue weighted by molar-refractivity contribution is 5.31. The van der Waals surface area contributed by atoms with Gasteiger partial charge in [0.2, 0.25) is 5.95 Å². The first kappa shape index (κ1) is 15.3. The van der Waals surface area contributed by atoms with Crippen molar-refractivity contribution >= 4 is 5.95 Å². The maximum absolute atomic E-state index is 5.17. The summed E-state index contributed by atoms with van der Waals surface area (Å²) >= 11 is 0. The molecule has 0 amide bonds. The molecular weight excluding hydrogens is 262 g/mol. The molecule has 21 heavy (non-hydrogen) atoms. The third-order valence-electron chi connectivity index (χ3n) is 3.43. The second kappa shape index (κ2) is 7.07. The number of hydrogen-bond donors (Lipinski definition) is 0. The van der Waals surface area contributed by atoms with Crippen LogP contribution in [0.5, 0.6) is 5.75 Å². The number of hydrogen-bond acceptors (Lipinski definition) is 4. The third kappa shape index (κ3) is 4.45. The van der Waals surface area contributed by atoms with Crippen molar-refractivity contribution in [3.05, 3.63) is 47.3 Å². The summed E-state index contributed by atoms with van der Waals surface area (Å²) in [6.45, 7) is 4.95. The molecule has 4 heteroatoms. The minimum atomic E-state index is 0.808. The topological polar surface area (TPSA) is 38.2 Å². The number of aromatic nitrogens is 2. The van der Waals surface area contributed by atoms with Crippen LogP contribution in [0.15, 0.2) is 30.3 Å². The van der Waals surface area contributed by atoms with Crippen LogP contribution in [-0.4, -0.2) is 30.7 Å². The summed E-state index contributed by atoms with van der Waals surface area (Å²) in [5.41, 5.74) is 3.35. The number of benzene rings is 1. The van der Waals surface area contributed by atoms with Crippen molar-refractivity contribution in [1.82, 2.24) is 9.97 Å². The van der Waals surface area contributed by atoms with Gasteiger partial charge in [0.05, 0.1) is 7.11 Å². The molecule has 4 nitrogen and oxygen atoms in total. The first-order chi connectivity index (χ1) is 10.1. The number of methoxy groups -OCH3 is 1. The number of anilines is 1. The lowest BCUT2D eigenvalue weighted by atomic mass is 10.1. The van der Waals surface area contributed by atoms with Gasteiger partial charge in [-0.05, 0) is 50.5 Å². The van der Waals surface area contributed by atoms with Gasteiger partial charge in [0, 0.05) is 25.0 Å². The van der Waals surface area contributed by atoms with E-state index >= 15 is 0 Å². The fourth-order valence-corrected chi connectivity index (χ4v) is 2.29. The van der Waals surface area contributed by atoms with Crippen molar-refractivity contribution < 1.29 is 4.74 Å². The second-order valence-electron chi connectivity index (χ2n) is 5.32. The standard InChI is InChI=1S/C17H23N3O/c1-13-12-14(2)19-17(18-13)20(3)11-5-6-15-7-9-16(21-4)10-8-15/h7-10,12H,5-6,11H2,1-4H3. The van der Waals surface area contributed by atoms with Crippen molar-refractivity contribution in [2.75, 3.05) is 25.6 Å². The second-order valence-corrected chi connectivity index (χ2v) is 5.32. The van der Waals surface area contributed by atoms with Crippen LogP contribution >= 0.6 is 0 Å². The maximum Gasteiger partial charge on any atom is 0.225 e. The third-order valence-corrected chi connectivity index (χ3v) is 3.43. The molecule has 0 spiro atoms. The summed E-state index contributed by atoms with van der Waals surface area (Å²) in [5.74, 6) is 1.71. The highest BCUT2D eigenvalue weighted by Crippen LogP contribution is 2.13. The molecular formula is C17H23N3O. The van der Waals surface area contributed by atoms with E-state index < -0.39 is 0 Å². The molecule has 0 unspecified atom stereocenters. The van der Waals surface area contributed by atoms with Gasteiger partial charge >= 0.3 is 0 Å². The lowest BCUT2D eigenvalue weighted by Crippen LogP contribution is -2.22. The Morgan fingerprint density at radius 2 is 1.67 bits per heavy atom. The van der Waals surface area contributed by atoms with E-state index in [1.165, 1.54) is 5.56 Å². The van der Waals surface area contributed by atoms with Crippen LogP contribution in [0.3, 0.4) is 0 Å². The fraction of sp³-hybridized carbons (Fsp3) is 0.412. The van der Waals surface area contributed by atoms with Crippen LogP contribution in [-0.2, 0) is 6.42 Å². The Morgan fingerprint density at radius 1 is 1.05 bits per heavy atom. The van der Waals surface area contributed by atoms with Crippen molar-refractivity contribution in [1.29, 1.82) is 0 Å². The Kier molecular flexibility index (Phi) is 5.14. The van der Waals surface area contributed by atoms with E-state index in [4.69, 9.17) is 4.74 Å². The zero-order valence-electron chi connectivity index (χ0n) is 13.3. The highest BCUT2D eigenvalue weighted by Gasteiger charge is 2.05. The molecule has 0 aliphatic carbocycles. The maximum atomic E-state index is 5.17. The minimum absolute atomic E-state index is 0.808. The Morgan fingerprint density at radius 3 is 2.24 bits per heavy atom. The molecule has 1 heterocycles. The molecule has 0 saturated carbocycles. The van der Waals surface area contributed by atoms with Gasteiger partial charge in [0.25, 0.3) is 0 Å². The largest absolute Gasteiger partial charge is 0.497 e. The Bertz CT molecular complexity index is 561. The zero-order valence-corrected chi connectivity index (χ0v) is 13.3. The van der Waals surface area contributed by atoms with Crippen LogP contribution in [0.1, 0.15) is 23.4 Å². The molecule has 2 rings (SSSR count). The lowest BCUT2D eigenvalue weighted by Gasteiger charge is -2.17. The summed E-state index contributed by atoms with van der Waals surface area (Å²) in [7, 11) is 3.73. The number of rotatable bonds is 6. The van der Waals surface area contributed by atoms with Crippen molar-refractivity contribution in [3.8, 4) is 5.75 Å². The monoisotopic (exact) mass is 285 g/mol. The molecule has 1 aromatic carbocycles. The normalized spacial score (nSPS) is 10.5. The Labute approximate surface area is 126 Å². The molecule has 2 aromatic rings. The van der Waals surface area contributed by atoms with E-state index in [1.807, 2.05) is 39.1 Å². The van der Waals surface area contributed by atoms with Crippen LogP contribution in [0.4, 0.5) is 5.95 Å². The summed E-state index contributed by atoms with van der Waals surface area (Å²) in [6, 6.07) is 10.2. The van der Waals surface area contributed by atoms with Crippen LogP contribution in [0, 0.1) is 13.8 Å². The van der Waals surface area contributed by atoms with E-state index in [2.05, 4.69) is 27.0 Å². The summed E-state index contributed by atoms with van der Waals surface area (Å²) in [5, 5.41) is 0. The van der Waals surface area contributed by atoms with Crippen molar-refractivity contribution in [2.45, 2.75) is 26.7 Å². The summed E-state index contributed by atoms with van der Waals surface area (Å²) in [4.78, 5) is 11.1. The molecule has 0 N–H and O–H groups in total. The van der Waals surface area contributed by atoms with Gasteiger partial charge in [-0.15, -0.1) is 0 Å². The zero-order chi connectivity index (χ0) is 15.2. The number of aryl methyl sites for hydroxylation is 3. The summed E-state index contributed by atoms with van der Waals surface area (Å²) in [6.07, 6.45) is 2.11. The molecule has 0 saturated heterocycles. The number of nitrogens with zero attached hydrogens (tertiary/aromatic N) is 3. The van der Waals surface area contributed by atoms with Crippen molar-refractivity contribution in [2.24, 2.45) is 0 Å². The molecule has 0 aliphatic rings. The minimum Gasteiger partial charge on any atom is -0.497 e. The SMILES string of the molecule is COc1ccc(CCCN(C)c2nc(C)cc(C)n2)cc1. The molecule has 1 aromatic heterocycles. The molecule has 0 aliphatic heterocycles. The quantitative estimate of drug-likeness (QED) is 0.817. The molecule has 112 valence electrons. The fourth-order valence-electron chi connectivity index (χ4n) is 2.29. The highest BCUT2D eigenvalue weighted by atomic mass is 16.5. The first-order valence-corrected chi connectivity index (χ1v) is 7.25. The van der Waals surface area contributed by atoms with Gasteiger partial charge in [0.15, 0.2) is 0 Å². The van der Waals surface area contributed by atoms with Gasteiger partial charge in [-0.3, -0.25) is 0 Å². The average molecular weight is 285 g/mol. The summed E-state index contributed by atoms with van der Waals surface area (Å²) < 4.78 is 5.17. The van der Waals surface area contributed by atoms with E-state index in [1.54, 1.807) is 7.11 Å². The average Bonchev–Trinajstić information content (AvgIpc) is 2.47. The Balaban J connectivity index is 1.87. The first-order valence-electron chi connectivity index (χ1n) is 7.25. The lowest BCUT2D eigenvalue weighted by molar-refractivity contribution is 0.414. The van der Waals surface area contributed by atoms with Gasteiger partial charge in [0.1, 0.15) is 5.75 Å². The predicted molar refractivity (Wildman–Crippen MR) is 86.1 cm³/mol. The smallest absolute Gasteiger partial charge is 0.225 e. The Hall–Kier alpha value is -2.10. The van der Waals surface area contributed by atoms with Crippen LogP contribution in [0.25, 0.3) is 0 Å². The van der Waals surface area contributed by atoms with Gasteiger partial charge in [-0.2, -0.15) is 0 Å². The van der Waals surface area contributed by atoms with E-state index in [-0.39, 0.29) is 0 Å². The van der Waals surface area contributed by atoms with Crippen LogP contribution < -0.4 is 9.64 Å². The van der Waals surface area contributed by atoms with E-state index in [0.29, 0.717) is 0 Å².